The number of methoxy groups -OCH3 is 1. The molecule has 1 rings (SSSR count). The van der Waals surface area contributed by atoms with Gasteiger partial charge in [-0.2, -0.15) is 0 Å². The Hall–Kier alpha value is -1.02. The fourth-order valence-electron chi connectivity index (χ4n) is 1.90. The maximum atomic E-state index is 5.77. The van der Waals surface area contributed by atoms with Gasteiger partial charge in [-0.25, -0.2) is 0 Å². The molecule has 1 aromatic rings. The molecule has 2 nitrogen and oxygen atoms in total. The molecule has 0 aliphatic rings. The van der Waals surface area contributed by atoms with Crippen LogP contribution in [0.3, 0.4) is 0 Å². The Morgan fingerprint density at radius 1 is 1.28 bits per heavy atom. The van der Waals surface area contributed by atoms with Gasteiger partial charge in [0, 0.05) is 0 Å². The third-order valence-corrected chi connectivity index (χ3v) is 3.60. The summed E-state index contributed by atoms with van der Waals surface area (Å²) in [7, 11) is 1.75. The maximum Gasteiger partial charge on any atom is 0.122 e. The minimum Gasteiger partial charge on any atom is -0.496 e. The summed E-state index contributed by atoms with van der Waals surface area (Å²) in [6, 6.07) is 6.56. The van der Waals surface area contributed by atoms with E-state index in [-0.39, 0.29) is 5.41 Å². The van der Waals surface area contributed by atoms with E-state index in [0.717, 1.165) is 25.1 Å². The second-order valence-corrected chi connectivity index (χ2v) is 6.09. The van der Waals surface area contributed by atoms with Gasteiger partial charge in [0.05, 0.1) is 7.11 Å². The normalized spacial score (nSPS) is 11.9. The van der Waals surface area contributed by atoms with Crippen molar-refractivity contribution in [2.75, 3.05) is 13.7 Å². The van der Waals surface area contributed by atoms with Crippen LogP contribution in [0.1, 0.15) is 51.2 Å². The lowest BCUT2D eigenvalue weighted by Crippen LogP contribution is -2.24. The zero-order chi connectivity index (χ0) is 13.8. The van der Waals surface area contributed by atoms with Gasteiger partial charge in [-0.1, -0.05) is 39.8 Å². The highest BCUT2D eigenvalue weighted by molar-refractivity contribution is 5.38. The number of hydrogen-bond donors (Lipinski definition) is 1. The highest BCUT2D eigenvalue weighted by Crippen LogP contribution is 2.28. The van der Waals surface area contributed by atoms with Crippen LogP contribution in [0.4, 0.5) is 0 Å². The van der Waals surface area contributed by atoms with E-state index in [2.05, 4.69) is 45.9 Å². The lowest BCUT2D eigenvalue weighted by molar-refractivity contribution is 0.343. The van der Waals surface area contributed by atoms with E-state index >= 15 is 0 Å². The maximum absolute atomic E-state index is 5.77. The van der Waals surface area contributed by atoms with E-state index in [1.807, 2.05) is 0 Å². The van der Waals surface area contributed by atoms with Crippen molar-refractivity contribution in [1.82, 2.24) is 0 Å². The summed E-state index contributed by atoms with van der Waals surface area (Å²) in [6.45, 7) is 9.54. The predicted octanol–water partition coefficient (Wildman–Crippen LogP) is 3.74. The van der Waals surface area contributed by atoms with E-state index in [1.54, 1.807) is 7.11 Å². The van der Waals surface area contributed by atoms with Crippen LogP contribution in [-0.2, 0) is 6.42 Å². The molecule has 0 amide bonds. The molecule has 18 heavy (non-hydrogen) atoms. The summed E-state index contributed by atoms with van der Waals surface area (Å²) in [5.41, 5.74) is 8.58. The number of rotatable bonds is 6. The molecule has 2 heteroatoms. The first-order valence-electron chi connectivity index (χ1n) is 6.76. The van der Waals surface area contributed by atoms with Crippen molar-refractivity contribution in [1.29, 1.82) is 0 Å². The van der Waals surface area contributed by atoms with Crippen LogP contribution in [-0.4, -0.2) is 13.7 Å². The topological polar surface area (TPSA) is 35.2 Å². The average Bonchev–Trinajstić information content (AvgIpc) is 2.36. The molecular weight excluding hydrogens is 222 g/mol. The highest BCUT2D eigenvalue weighted by atomic mass is 16.5. The van der Waals surface area contributed by atoms with E-state index in [1.165, 1.54) is 11.1 Å². The van der Waals surface area contributed by atoms with Crippen molar-refractivity contribution in [2.45, 2.75) is 46.5 Å². The molecule has 0 aliphatic heterocycles. The molecule has 0 unspecified atom stereocenters. The minimum absolute atomic E-state index is 0.196. The number of ether oxygens (including phenoxy) is 1. The Balaban J connectivity index is 2.83. The van der Waals surface area contributed by atoms with Crippen molar-refractivity contribution in [3.8, 4) is 5.75 Å². The second-order valence-electron chi connectivity index (χ2n) is 6.09. The molecule has 102 valence electrons. The van der Waals surface area contributed by atoms with Crippen molar-refractivity contribution in [2.24, 2.45) is 11.1 Å². The summed E-state index contributed by atoms with van der Waals surface area (Å²) in [4.78, 5) is 0. The predicted molar refractivity (Wildman–Crippen MR) is 78.2 cm³/mol. The van der Waals surface area contributed by atoms with E-state index in [0.29, 0.717) is 5.92 Å². The molecule has 1 aromatic carbocycles. The lowest BCUT2D eigenvalue weighted by atomic mass is 9.86. The average molecular weight is 249 g/mol. The van der Waals surface area contributed by atoms with Crippen molar-refractivity contribution >= 4 is 0 Å². The fourth-order valence-corrected chi connectivity index (χ4v) is 1.90. The molecule has 0 aromatic heterocycles. The van der Waals surface area contributed by atoms with Crippen molar-refractivity contribution < 1.29 is 4.74 Å². The standard InChI is InChI=1S/C16H27NO/c1-12(2)14-7-6-13(15(10-14)18-5)8-9-16(3,4)11-17/h6-7,10,12H,8-9,11,17H2,1-5H3. The molecule has 0 saturated carbocycles. The first-order valence-corrected chi connectivity index (χ1v) is 6.76. The minimum atomic E-state index is 0.196. The largest absolute Gasteiger partial charge is 0.496 e. The summed E-state index contributed by atoms with van der Waals surface area (Å²) in [5, 5.41) is 0. The molecule has 0 bridgehead atoms. The molecule has 0 heterocycles. The van der Waals surface area contributed by atoms with Crippen LogP contribution in [0, 0.1) is 5.41 Å². The zero-order valence-electron chi connectivity index (χ0n) is 12.4. The van der Waals surface area contributed by atoms with Gasteiger partial charge in [0.1, 0.15) is 5.75 Å². The van der Waals surface area contributed by atoms with Gasteiger partial charge < -0.3 is 10.5 Å². The Morgan fingerprint density at radius 3 is 2.44 bits per heavy atom. The van der Waals surface area contributed by atoms with Gasteiger partial charge in [-0.05, 0) is 47.9 Å². The number of benzene rings is 1. The van der Waals surface area contributed by atoms with Gasteiger partial charge in [0.25, 0.3) is 0 Å². The number of hydrogen-bond acceptors (Lipinski definition) is 2. The fraction of sp³-hybridized carbons (Fsp3) is 0.625. The van der Waals surface area contributed by atoms with Crippen LogP contribution in [0.15, 0.2) is 18.2 Å². The molecular formula is C16H27NO. The van der Waals surface area contributed by atoms with Crippen LogP contribution >= 0.6 is 0 Å². The molecule has 0 fully saturated rings. The Kier molecular flexibility index (Phi) is 5.21. The zero-order valence-corrected chi connectivity index (χ0v) is 12.4. The second kappa shape index (κ2) is 6.24. The molecule has 0 atom stereocenters. The molecule has 2 N–H and O–H groups in total. The summed E-state index contributed by atoms with van der Waals surface area (Å²) in [6.07, 6.45) is 2.10. The Morgan fingerprint density at radius 2 is 1.94 bits per heavy atom. The van der Waals surface area contributed by atoms with Crippen LogP contribution in [0.2, 0.25) is 0 Å². The Labute approximate surface area is 112 Å². The quantitative estimate of drug-likeness (QED) is 0.833. The van der Waals surface area contributed by atoms with Crippen LogP contribution in [0.5, 0.6) is 5.75 Å². The summed E-state index contributed by atoms with van der Waals surface area (Å²) in [5.74, 6) is 1.54. The summed E-state index contributed by atoms with van der Waals surface area (Å²) >= 11 is 0. The van der Waals surface area contributed by atoms with Gasteiger partial charge in [0.2, 0.25) is 0 Å². The number of nitrogens with two attached hydrogens (primary N) is 1. The van der Waals surface area contributed by atoms with Gasteiger partial charge in [-0.15, -0.1) is 0 Å². The third-order valence-electron chi connectivity index (χ3n) is 3.60. The van der Waals surface area contributed by atoms with Crippen LogP contribution in [0.25, 0.3) is 0 Å². The number of aryl methyl sites for hydroxylation is 1. The van der Waals surface area contributed by atoms with Gasteiger partial charge in [-0.3, -0.25) is 0 Å². The van der Waals surface area contributed by atoms with E-state index in [4.69, 9.17) is 10.5 Å². The van der Waals surface area contributed by atoms with E-state index < -0.39 is 0 Å². The third kappa shape index (κ3) is 4.02. The van der Waals surface area contributed by atoms with E-state index in [9.17, 15) is 0 Å². The van der Waals surface area contributed by atoms with Crippen molar-refractivity contribution in [3.63, 3.8) is 0 Å². The molecule has 0 saturated heterocycles. The monoisotopic (exact) mass is 249 g/mol. The Bertz CT molecular complexity index is 383. The highest BCUT2D eigenvalue weighted by Gasteiger charge is 2.16. The summed E-state index contributed by atoms with van der Waals surface area (Å²) < 4.78 is 5.50. The molecule has 0 spiro atoms. The first kappa shape index (κ1) is 15.0. The molecule has 0 radical (unpaired) electrons. The van der Waals surface area contributed by atoms with Crippen LogP contribution < -0.4 is 10.5 Å². The van der Waals surface area contributed by atoms with Gasteiger partial charge >= 0.3 is 0 Å². The SMILES string of the molecule is COc1cc(C(C)C)ccc1CCC(C)(C)CN. The van der Waals surface area contributed by atoms with Gasteiger partial charge in [0.15, 0.2) is 0 Å². The first-order chi connectivity index (χ1) is 8.39. The van der Waals surface area contributed by atoms with Crippen molar-refractivity contribution in [3.05, 3.63) is 29.3 Å². The lowest BCUT2D eigenvalue weighted by Gasteiger charge is -2.23. The smallest absolute Gasteiger partial charge is 0.122 e. The molecule has 0 aliphatic carbocycles.